The molecule has 2 aromatic carbocycles. The van der Waals surface area contributed by atoms with Crippen molar-refractivity contribution >= 4 is 28.4 Å². The third-order valence-electron chi connectivity index (χ3n) is 5.53. The molecule has 5 heteroatoms. The lowest BCUT2D eigenvalue weighted by Crippen LogP contribution is -2.30. The fourth-order valence-corrected chi connectivity index (χ4v) is 3.95. The van der Waals surface area contributed by atoms with Gasteiger partial charge in [0, 0.05) is 34.8 Å². The van der Waals surface area contributed by atoms with E-state index in [9.17, 15) is 14.7 Å². The Balaban J connectivity index is 1.92. The Labute approximate surface area is 169 Å². The van der Waals surface area contributed by atoms with Gasteiger partial charge in [-0.3, -0.25) is 9.59 Å². The van der Waals surface area contributed by atoms with E-state index in [1.165, 1.54) is 0 Å². The average molecular weight is 388 g/mol. The van der Waals surface area contributed by atoms with E-state index in [1.54, 1.807) is 17.0 Å². The topological polar surface area (TPSA) is 73.4 Å². The number of aryl methyl sites for hydroxylation is 1. The minimum atomic E-state index is -0.630. The lowest BCUT2D eigenvalue weighted by molar-refractivity contribution is -0.139. The normalized spacial score (nSPS) is 18.7. The molecule has 4 rings (SSSR count). The van der Waals surface area contributed by atoms with Crippen molar-refractivity contribution in [2.45, 2.75) is 32.7 Å². The summed E-state index contributed by atoms with van der Waals surface area (Å²) in [6, 6.07) is 14.5. The molecule has 1 aliphatic heterocycles. The number of H-pyrrole nitrogens is 1. The minimum absolute atomic E-state index is 0.127. The molecule has 1 fully saturated rings. The van der Waals surface area contributed by atoms with Crippen LogP contribution in [-0.4, -0.2) is 33.2 Å². The van der Waals surface area contributed by atoms with Crippen molar-refractivity contribution < 1.29 is 14.7 Å². The molecule has 1 amide bonds. The molecule has 0 saturated carbocycles. The second-order valence-corrected chi connectivity index (χ2v) is 7.50. The molecule has 148 valence electrons. The molecule has 1 unspecified atom stereocenters. The number of aliphatic hydroxyl groups is 1. The van der Waals surface area contributed by atoms with Gasteiger partial charge in [0.1, 0.15) is 5.76 Å². The van der Waals surface area contributed by atoms with Crippen LogP contribution in [0.25, 0.3) is 16.7 Å². The standard InChI is InChI=1S/C24H24N2O3/c1-3-4-13-26-21(18-14-25-19-8-6-5-7-17(18)19)20(23(28)24(26)29)22(27)16-11-9-15(2)10-12-16/h5-12,14,21,25,27H,3-4,13H2,1-2H3/b22-20+. The predicted molar refractivity (Wildman–Crippen MR) is 113 cm³/mol. The number of benzene rings is 2. The molecule has 2 N–H and O–H groups in total. The molecule has 0 spiro atoms. The van der Waals surface area contributed by atoms with E-state index in [1.807, 2.05) is 56.4 Å². The van der Waals surface area contributed by atoms with Gasteiger partial charge in [-0.1, -0.05) is 61.4 Å². The number of carbonyl (C=O) groups is 2. The second-order valence-electron chi connectivity index (χ2n) is 7.50. The number of nitrogens with zero attached hydrogens (tertiary/aromatic N) is 1. The zero-order chi connectivity index (χ0) is 20.5. The van der Waals surface area contributed by atoms with E-state index in [4.69, 9.17) is 0 Å². The Kier molecular flexibility index (Phi) is 4.97. The number of ketones is 1. The van der Waals surface area contributed by atoms with Crippen molar-refractivity contribution in [1.29, 1.82) is 0 Å². The number of para-hydroxylation sites is 1. The number of aromatic nitrogens is 1. The van der Waals surface area contributed by atoms with Gasteiger partial charge < -0.3 is 15.0 Å². The number of aromatic amines is 1. The van der Waals surface area contributed by atoms with Gasteiger partial charge in [-0.15, -0.1) is 0 Å². The Hall–Kier alpha value is -3.34. The molecule has 0 radical (unpaired) electrons. The molecule has 2 heterocycles. The first-order valence-corrected chi connectivity index (χ1v) is 9.94. The van der Waals surface area contributed by atoms with Crippen LogP contribution in [-0.2, 0) is 9.59 Å². The van der Waals surface area contributed by atoms with Gasteiger partial charge in [0.2, 0.25) is 0 Å². The molecule has 1 saturated heterocycles. The highest BCUT2D eigenvalue weighted by molar-refractivity contribution is 6.46. The number of hydrogen-bond acceptors (Lipinski definition) is 3. The number of Topliss-reactive ketones (excluding diaryl/α,β-unsaturated/α-hetero) is 1. The van der Waals surface area contributed by atoms with Gasteiger partial charge in [-0.2, -0.15) is 0 Å². The summed E-state index contributed by atoms with van der Waals surface area (Å²) in [5.74, 6) is -1.31. The number of unbranched alkanes of at least 4 members (excludes halogenated alkanes) is 1. The highest BCUT2D eigenvalue weighted by atomic mass is 16.3. The molecule has 1 atom stereocenters. The van der Waals surface area contributed by atoms with Crippen LogP contribution >= 0.6 is 0 Å². The third kappa shape index (κ3) is 3.23. The Morgan fingerprint density at radius 3 is 2.55 bits per heavy atom. The fourth-order valence-electron chi connectivity index (χ4n) is 3.95. The SMILES string of the molecule is CCCCN1C(=O)C(=O)/C(=C(/O)c2ccc(C)cc2)C1c1c[nH]c2ccccc12. The largest absolute Gasteiger partial charge is 0.507 e. The first kappa shape index (κ1) is 19.0. The fraction of sp³-hybridized carbons (Fsp3) is 0.250. The second kappa shape index (κ2) is 7.59. The number of likely N-dealkylation sites (tertiary alicyclic amines) is 1. The van der Waals surface area contributed by atoms with Crippen LogP contribution in [0.3, 0.4) is 0 Å². The molecule has 1 aromatic heterocycles. The number of fused-ring (bicyclic) bond motifs is 1. The van der Waals surface area contributed by atoms with Gasteiger partial charge >= 0.3 is 0 Å². The number of amides is 1. The molecule has 1 aliphatic rings. The highest BCUT2D eigenvalue weighted by Crippen LogP contribution is 2.42. The zero-order valence-electron chi connectivity index (χ0n) is 16.6. The van der Waals surface area contributed by atoms with Gasteiger partial charge in [0.25, 0.3) is 11.7 Å². The van der Waals surface area contributed by atoms with Crippen LogP contribution in [0.2, 0.25) is 0 Å². The number of aliphatic hydroxyl groups excluding tert-OH is 1. The summed E-state index contributed by atoms with van der Waals surface area (Å²) in [5, 5.41) is 12.0. The van der Waals surface area contributed by atoms with Crippen LogP contribution in [0.1, 0.15) is 42.5 Å². The van der Waals surface area contributed by atoms with Gasteiger partial charge in [0.15, 0.2) is 0 Å². The van der Waals surface area contributed by atoms with Crippen molar-refractivity contribution in [1.82, 2.24) is 9.88 Å². The highest BCUT2D eigenvalue weighted by Gasteiger charge is 2.46. The molecule has 0 aliphatic carbocycles. The zero-order valence-corrected chi connectivity index (χ0v) is 16.6. The molecular weight excluding hydrogens is 364 g/mol. The molecule has 3 aromatic rings. The average Bonchev–Trinajstić information content (AvgIpc) is 3.26. The van der Waals surface area contributed by atoms with Gasteiger partial charge in [0.05, 0.1) is 11.6 Å². The minimum Gasteiger partial charge on any atom is -0.507 e. The third-order valence-corrected chi connectivity index (χ3v) is 5.53. The van der Waals surface area contributed by atoms with Gasteiger partial charge in [-0.05, 0) is 19.4 Å². The number of nitrogens with one attached hydrogen (secondary N) is 1. The van der Waals surface area contributed by atoms with E-state index in [0.717, 1.165) is 34.9 Å². The predicted octanol–water partition coefficient (Wildman–Crippen LogP) is 4.70. The number of hydrogen-bond donors (Lipinski definition) is 2. The summed E-state index contributed by atoms with van der Waals surface area (Å²) < 4.78 is 0. The van der Waals surface area contributed by atoms with E-state index in [-0.39, 0.29) is 11.3 Å². The summed E-state index contributed by atoms with van der Waals surface area (Å²) in [5.41, 5.74) is 3.50. The van der Waals surface area contributed by atoms with E-state index >= 15 is 0 Å². The Morgan fingerprint density at radius 2 is 1.83 bits per heavy atom. The van der Waals surface area contributed by atoms with Crippen molar-refractivity contribution in [3.05, 3.63) is 77.0 Å². The molecule has 5 nitrogen and oxygen atoms in total. The van der Waals surface area contributed by atoms with E-state index in [0.29, 0.717) is 12.1 Å². The van der Waals surface area contributed by atoms with Crippen molar-refractivity contribution in [3.63, 3.8) is 0 Å². The lowest BCUT2D eigenvalue weighted by Gasteiger charge is -2.24. The van der Waals surface area contributed by atoms with E-state index < -0.39 is 17.7 Å². The summed E-state index contributed by atoms with van der Waals surface area (Å²) in [4.78, 5) is 30.7. The van der Waals surface area contributed by atoms with Gasteiger partial charge in [-0.25, -0.2) is 0 Å². The van der Waals surface area contributed by atoms with Crippen LogP contribution < -0.4 is 0 Å². The van der Waals surface area contributed by atoms with E-state index in [2.05, 4.69) is 4.98 Å². The lowest BCUT2D eigenvalue weighted by atomic mass is 9.94. The maximum absolute atomic E-state index is 13.0. The molecular formula is C24H24N2O3. The van der Waals surface area contributed by atoms with Crippen molar-refractivity contribution in [2.24, 2.45) is 0 Å². The van der Waals surface area contributed by atoms with Crippen molar-refractivity contribution in [2.75, 3.05) is 6.54 Å². The number of rotatable bonds is 5. The van der Waals surface area contributed by atoms with Crippen LogP contribution in [0.15, 0.2) is 60.3 Å². The monoisotopic (exact) mass is 388 g/mol. The molecule has 0 bridgehead atoms. The van der Waals surface area contributed by atoms with Crippen LogP contribution in [0.5, 0.6) is 0 Å². The Morgan fingerprint density at radius 1 is 1.10 bits per heavy atom. The summed E-state index contributed by atoms with van der Waals surface area (Å²) in [6.07, 6.45) is 3.53. The first-order valence-electron chi connectivity index (χ1n) is 9.94. The molecule has 29 heavy (non-hydrogen) atoms. The quantitative estimate of drug-likeness (QED) is 0.378. The van der Waals surface area contributed by atoms with Crippen LogP contribution in [0.4, 0.5) is 0 Å². The maximum atomic E-state index is 13.0. The smallest absolute Gasteiger partial charge is 0.295 e. The van der Waals surface area contributed by atoms with Crippen LogP contribution in [0, 0.1) is 6.92 Å². The Bertz CT molecular complexity index is 1110. The maximum Gasteiger partial charge on any atom is 0.295 e. The summed E-state index contributed by atoms with van der Waals surface area (Å²) >= 11 is 0. The summed E-state index contributed by atoms with van der Waals surface area (Å²) in [6.45, 7) is 4.47. The summed E-state index contributed by atoms with van der Waals surface area (Å²) in [7, 11) is 0. The van der Waals surface area contributed by atoms with Crippen molar-refractivity contribution in [3.8, 4) is 0 Å². The number of carbonyl (C=O) groups excluding carboxylic acids is 2. The first-order chi connectivity index (χ1) is 14.0.